The lowest BCUT2D eigenvalue weighted by Gasteiger charge is -2.12. The molecule has 0 saturated carbocycles. The van der Waals surface area contributed by atoms with Crippen LogP contribution in [0.1, 0.15) is 0 Å². The molecule has 0 spiro atoms. The fourth-order valence-corrected chi connectivity index (χ4v) is 0.606. The van der Waals surface area contributed by atoms with E-state index in [4.69, 9.17) is 0 Å². The molecule has 1 aromatic rings. The molecule has 0 unspecified atom stereocenters. The van der Waals surface area contributed by atoms with Crippen LogP contribution in [0.15, 0.2) is 18.2 Å². The van der Waals surface area contributed by atoms with Crippen molar-refractivity contribution in [2.24, 2.45) is 0 Å². The smallest absolute Gasteiger partial charge is 0.444 e. The lowest BCUT2D eigenvalue weighted by Crippen LogP contribution is -2.36. The average molecular weight is 164 g/mol. The summed E-state index contributed by atoms with van der Waals surface area (Å²) in [5.41, 5.74) is -1.15. The topological polar surface area (TPSA) is 12.9 Å². The van der Waals surface area contributed by atoms with Gasteiger partial charge in [0.05, 0.1) is 0 Å². The van der Waals surface area contributed by atoms with Gasteiger partial charge in [0.15, 0.2) is 0 Å². The lowest BCUT2D eigenvalue weighted by atomic mass is 9.86. The molecule has 1 nitrogen and oxygen atoms in total. The maximum atomic E-state index is 12.1. The molecular formula is C5H3BF4N-. The molecule has 0 fully saturated rings. The Balaban J connectivity index is 3.06. The van der Waals surface area contributed by atoms with Crippen molar-refractivity contribution in [3.63, 3.8) is 0 Å². The first-order chi connectivity index (χ1) is 5.00. The van der Waals surface area contributed by atoms with E-state index in [-0.39, 0.29) is 0 Å². The summed E-state index contributed by atoms with van der Waals surface area (Å²) >= 11 is 0. The first-order valence-electron chi connectivity index (χ1n) is 2.82. The van der Waals surface area contributed by atoms with E-state index < -0.39 is 18.5 Å². The van der Waals surface area contributed by atoms with Gasteiger partial charge in [-0.25, -0.2) is 0 Å². The van der Waals surface area contributed by atoms with Crippen molar-refractivity contribution in [2.45, 2.75) is 0 Å². The Morgan fingerprint density at radius 1 is 1.18 bits per heavy atom. The second-order valence-corrected chi connectivity index (χ2v) is 1.96. The molecule has 0 radical (unpaired) electrons. The SMILES string of the molecule is Fc1cccc([B-](F)(F)F)n1. The summed E-state index contributed by atoms with van der Waals surface area (Å²) in [6.07, 6.45) is 0. The van der Waals surface area contributed by atoms with E-state index in [9.17, 15) is 17.3 Å². The van der Waals surface area contributed by atoms with Crippen molar-refractivity contribution in [1.82, 2.24) is 4.98 Å². The molecule has 6 heteroatoms. The molecule has 0 aliphatic carbocycles. The van der Waals surface area contributed by atoms with E-state index in [0.29, 0.717) is 0 Å². The normalized spacial score (nSPS) is 11.6. The minimum Gasteiger partial charge on any atom is -0.444 e. The molecule has 60 valence electrons. The summed E-state index contributed by atoms with van der Waals surface area (Å²) in [5.74, 6) is -1.11. The number of hydrogen-bond donors (Lipinski definition) is 0. The third-order valence-electron chi connectivity index (χ3n) is 1.07. The molecule has 0 bridgehead atoms. The zero-order valence-electron chi connectivity index (χ0n) is 5.27. The maximum absolute atomic E-state index is 12.1. The predicted octanol–water partition coefficient (Wildman–Crippen LogP) is 1.28. The summed E-state index contributed by atoms with van der Waals surface area (Å²) < 4.78 is 47.5. The Hall–Kier alpha value is -1.07. The molecular weight excluding hydrogens is 161 g/mol. The summed E-state index contributed by atoms with van der Waals surface area (Å²) in [7, 11) is 0. The predicted molar refractivity (Wildman–Crippen MR) is 32.9 cm³/mol. The number of halogens is 4. The Labute approximate surface area is 60.1 Å². The van der Waals surface area contributed by atoms with Gasteiger partial charge in [0.2, 0.25) is 5.95 Å². The van der Waals surface area contributed by atoms with Crippen molar-refractivity contribution in [3.05, 3.63) is 24.1 Å². The van der Waals surface area contributed by atoms with Crippen LogP contribution >= 0.6 is 0 Å². The van der Waals surface area contributed by atoms with Crippen molar-refractivity contribution in [1.29, 1.82) is 0 Å². The number of aromatic nitrogens is 1. The van der Waals surface area contributed by atoms with Crippen molar-refractivity contribution in [3.8, 4) is 0 Å². The van der Waals surface area contributed by atoms with Gasteiger partial charge < -0.3 is 12.9 Å². The third-order valence-corrected chi connectivity index (χ3v) is 1.07. The van der Waals surface area contributed by atoms with Crippen LogP contribution < -0.4 is 5.59 Å². The van der Waals surface area contributed by atoms with E-state index in [1.165, 1.54) is 0 Å². The summed E-state index contributed by atoms with van der Waals surface area (Å²) in [6, 6.07) is 2.58. The Morgan fingerprint density at radius 3 is 2.18 bits per heavy atom. The van der Waals surface area contributed by atoms with Gasteiger partial charge in [-0.15, -0.1) is 0 Å². The van der Waals surface area contributed by atoms with Crippen LogP contribution in [-0.2, 0) is 0 Å². The summed E-state index contributed by atoms with van der Waals surface area (Å²) in [6.45, 7) is -5.17. The van der Waals surface area contributed by atoms with E-state index in [1.807, 2.05) is 0 Å². The number of hydrogen-bond acceptors (Lipinski definition) is 1. The van der Waals surface area contributed by atoms with E-state index in [2.05, 4.69) is 4.98 Å². The van der Waals surface area contributed by atoms with Gasteiger partial charge in [0.1, 0.15) is 0 Å². The molecule has 0 saturated heterocycles. The standard InChI is InChI=1S/C5H3BF4N/c7-5-3-1-2-4(11-5)6(8,9)10/h1-3H/q-1. The molecule has 1 heterocycles. The van der Waals surface area contributed by atoms with Gasteiger partial charge in [-0.1, -0.05) is 12.1 Å². The lowest BCUT2D eigenvalue weighted by molar-refractivity contribution is 0.494. The van der Waals surface area contributed by atoms with E-state index in [1.54, 1.807) is 0 Å². The first kappa shape index (κ1) is 8.04. The van der Waals surface area contributed by atoms with Gasteiger partial charge in [-0.05, 0) is 11.7 Å². The fraction of sp³-hybridized carbons (Fsp3) is 0. The molecule has 0 N–H and O–H groups in total. The molecule has 1 rings (SSSR count). The zero-order valence-corrected chi connectivity index (χ0v) is 5.27. The van der Waals surface area contributed by atoms with Crippen LogP contribution in [0.4, 0.5) is 17.3 Å². The molecule has 0 aliphatic heterocycles. The molecule has 0 amide bonds. The van der Waals surface area contributed by atoms with Gasteiger partial charge in [-0.3, -0.25) is 4.98 Å². The van der Waals surface area contributed by atoms with Crippen LogP contribution in [0.5, 0.6) is 0 Å². The van der Waals surface area contributed by atoms with Crippen molar-refractivity contribution >= 4 is 12.6 Å². The minimum absolute atomic E-state index is 0.739. The quantitative estimate of drug-likeness (QED) is 0.346. The highest BCUT2D eigenvalue weighted by Crippen LogP contribution is 2.06. The van der Waals surface area contributed by atoms with Crippen LogP contribution in [0.2, 0.25) is 0 Å². The number of rotatable bonds is 1. The van der Waals surface area contributed by atoms with Crippen molar-refractivity contribution < 1.29 is 17.3 Å². The van der Waals surface area contributed by atoms with Crippen molar-refractivity contribution in [2.75, 3.05) is 0 Å². The molecule has 1 aromatic heterocycles. The monoisotopic (exact) mass is 164 g/mol. The highest BCUT2D eigenvalue weighted by Gasteiger charge is 2.27. The van der Waals surface area contributed by atoms with Crippen LogP contribution in [0.25, 0.3) is 0 Å². The Bertz CT molecular complexity index is 259. The van der Waals surface area contributed by atoms with Crippen LogP contribution in [0, 0.1) is 5.95 Å². The number of pyridine rings is 1. The summed E-state index contributed by atoms with van der Waals surface area (Å²) in [5, 5.41) is 0. The van der Waals surface area contributed by atoms with Gasteiger partial charge in [-0.2, -0.15) is 4.39 Å². The van der Waals surface area contributed by atoms with Gasteiger partial charge in [0.25, 0.3) is 0 Å². The van der Waals surface area contributed by atoms with Gasteiger partial charge >= 0.3 is 6.98 Å². The second-order valence-electron chi connectivity index (χ2n) is 1.96. The third kappa shape index (κ3) is 1.93. The molecule has 0 aromatic carbocycles. The highest BCUT2D eigenvalue weighted by molar-refractivity contribution is 6.72. The minimum atomic E-state index is -5.17. The Morgan fingerprint density at radius 2 is 1.82 bits per heavy atom. The van der Waals surface area contributed by atoms with Crippen LogP contribution in [-0.4, -0.2) is 12.0 Å². The van der Waals surface area contributed by atoms with Crippen LogP contribution in [0.3, 0.4) is 0 Å². The number of nitrogens with zero attached hydrogens (tertiary/aromatic N) is 1. The molecule has 0 atom stereocenters. The second kappa shape index (κ2) is 2.52. The van der Waals surface area contributed by atoms with E-state index >= 15 is 0 Å². The van der Waals surface area contributed by atoms with Gasteiger partial charge in [0, 0.05) is 0 Å². The largest absolute Gasteiger partial charge is 0.527 e. The maximum Gasteiger partial charge on any atom is 0.527 e. The molecule has 11 heavy (non-hydrogen) atoms. The summed E-state index contributed by atoms with van der Waals surface area (Å²) in [4.78, 5) is 2.68. The average Bonchev–Trinajstić information content (AvgIpc) is 1.86. The fourth-order valence-electron chi connectivity index (χ4n) is 0.606. The van der Waals surface area contributed by atoms with E-state index in [0.717, 1.165) is 18.2 Å². The highest BCUT2D eigenvalue weighted by atomic mass is 19.4. The first-order valence-corrected chi connectivity index (χ1v) is 2.82. The molecule has 0 aliphatic rings. The Kier molecular flexibility index (Phi) is 1.84. The zero-order chi connectivity index (χ0) is 8.48.